The van der Waals surface area contributed by atoms with E-state index in [1.165, 1.54) is 20.1 Å². The topological polar surface area (TPSA) is 51.8 Å². The molecule has 1 aliphatic carbocycles. The zero-order chi connectivity index (χ0) is 17.3. The zero-order valence-electron chi connectivity index (χ0n) is 14.6. The van der Waals surface area contributed by atoms with Crippen molar-refractivity contribution >= 4 is 0 Å². The van der Waals surface area contributed by atoms with Crippen LogP contribution in [0, 0.1) is 0 Å². The molecule has 3 aromatic heterocycles. The Bertz CT molecular complexity index is 905. The molecule has 1 unspecified atom stereocenters. The third-order valence-electron chi connectivity index (χ3n) is 5.35. The number of aromatic nitrogens is 3. The molecule has 0 N–H and O–H groups in total. The maximum atomic E-state index is 6.08. The summed E-state index contributed by atoms with van der Waals surface area (Å²) >= 11 is 0.460. The summed E-state index contributed by atoms with van der Waals surface area (Å²) in [5.74, 6) is 2.91. The first-order chi connectivity index (χ1) is 12.9. The molecule has 0 spiro atoms. The number of oxazole rings is 1. The van der Waals surface area contributed by atoms with Crippen molar-refractivity contribution in [1.82, 2.24) is 15.0 Å². The second-order valence-corrected chi connectivity index (χ2v) is 9.91. The van der Waals surface area contributed by atoms with Gasteiger partial charge in [0.05, 0.1) is 0 Å². The fraction of sp³-hybridized carbons (Fsp3) is 0.381. The molecule has 3 aromatic rings. The molecule has 0 amide bonds. The molecule has 1 fully saturated rings. The average Bonchev–Trinajstić information content (AvgIpc) is 2.93. The van der Waals surface area contributed by atoms with E-state index >= 15 is 0 Å². The Morgan fingerprint density at radius 1 is 1.00 bits per heavy atom. The summed E-state index contributed by atoms with van der Waals surface area (Å²) in [7, 11) is 0. The Morgan fingerprint density at radius 2 is 1.92 bits per heavy atom. The summed E-state index contributed by atoms with van der Waals surface area (Å²) in [6, 6.07) is 10.3. The molecule has 4 heterocycles. The minimum absolute atomic E-state index is 0.452. The Labute approximate surface area is 163 Å². The standard InChI is InChI=1S/C21H21IN3O/c1-2-9-23-17(7-1)21-25-18-11-14(5-3-8-19(18)26-21)20-16(6-4-10-24-20)15-12-22-13-15/h1-2,4,6-7,9-10,14-15H,3,5,8,11-13H2/q-1. The Balaban J connectivity index is 1.47. The van der Waals surface area contributed by atoms with Crippen LogP contribution in [-0.2, 0) is 12.8 Å². The van der Waals surface area contributed by atoms with Crippen molar-refractivity contribution in [3.63, 3.8) is 0 Å². The van der Waals surface area contributed by atoms with E-state index in [1.54, 1.807) is 6.20 Å². The molecule has 1 aliphatic heterocycles. The zero-order valence-corrected chi connectivity index (χ0v) is 16.7. The van der Waals surface area contributed by atoms with Crippen LogP contribution in [0.2, 0.25) is 0 Å². The number of hydrogen-bond donors (Lipinski definition) is 0. The van der Waals surface area contributed by atoms with Gasteiger partial charge < -0.3 is 0 Å². The van der Waals surface area contributed by atoms with E-state index < -0.39 is 0 Å². The van der Waals surface area contributed by atoms with Gasteiger partial charge >= 0.3 is 158 Å². The first-order valence-electron chi connectivity index (χ1n) is 9.27. The molecule has 0 bridgehead atoms. The summed E-state index contributed by atoms with van der Waals surface area (Å²) in [6.07, 6.45) is 7.92. The molecule has 26 heavy (non-hydrogen) atoms. The number of halogens is 1. The van der Waals surface area contributed by atoms with Crippen LogP contribution in [0.1, 0.15) is 47.4 Å². The number of fused-ring (bicyclic) bond motifs is 1. The van der Waals surface area contributed by atoms with Gasteiger partial charge in [-0.2, -0.15) is 0 Å². The molecule has 4 nitrogen and oxygen atoms in total. The molecule has 5 heteroatoms. The second-order valence-electron chi connectivity index (χ2n) is 7.07. The Kier molecular flexibility index (Phi) is 4.48. The van der Waals surface area contributed by atoms with Gasteiger partial charge in [-0.1, -0.05) is 0 Å². The van der Waals surface area contributed by atoms with Gasteiger partial charge in [0.2, 0.25) is 0 Å². The molecule has 2 aliphatic rings. The van der Waals surface area contributed by atoms with Crippen LogP contribution in [-0.4, -0.2) is 23.8 Å². The molecule has 134 valence electrons. The summed E-state index contributed by atoms with van der Waals surface area (Å²) in [5.41, 5.74) is 4.73. The van der Waals surface area contributed by atoms with E-state index in [2.05, 4.69) is 17.1 Å². The van der Waals surface area contributed by atoms with Crippen molar-refractivity contribution < 1.29 is 25.6 Å². The van der Waals surface area contributed by atoms with E-state index in [0.29, 0.717) is 33.0 Å². The van der Waals surface area contributed by atoms with Crippen molar-refractivity contribution in [1.29, 1.82) is 0 Å². The quantitative estimate of drug-likeness (QED) is 0.334. The van der Waals surface area contributed by atoms with Crippen molar-refractivity contribution in [2.24, 2.45) is 0 Å². The first-order valence-corrected chi connectivity index (χ1v) is 12.3. The minimum atomic E-state index is 0.452. The van der Waals surface area contributed by atoms with Gasteiger partial charge in [-0.15, -0.1) is 0 Å². The average molecular weight is 458 g/mol. The summed E-state index contributed by atoms with van der Waals surface area (Å²) in [5, 5.41) is 0. The monoisotopic (exact) mass is 458 g/mol. The summed E-state index contributed by atoms with van der Waals surface area (Å²) < 4.78 is 8.92. The number of rotatable bonds is 3. The van der Waals surface area contributed by atoms with Crippen LogP contribution in [0.15, 0.2) is 47.1 Å². The normalized spacial score (nSPS) is 20.5. The van der Waals surface area contributed by atoms with Gasteiger partial charge in [0, 0.05) is 0 Å². The Morgan fingerprint density at radius 3 is 2.73 bits per heavy atom. The van der Waals surface area contributed by atoms with E-state index in [4.69, 9.17) is 14.4 Å². The Hall–Kier alpha value is -1.76. The van der Waals surface area contributed by atoms with Crippen LogP contribution >= 0.6 is 0 Å². The molecule has 1 saturated heterocycles. The van der Waals surface area contributed by atoms with Gasteiger partial charge in [0.1, 0.15) is 0 Å². The van der Waals surface area contributed by atoms with E-state index in [1.807, 2.05) is 24.4 Å². The second kappa shape index (κ2) is 7.10. The van der Waals surface area contributed by atoms with Crippen LogP contribution < -0.4 is 21.2 Å². The van der Waals surface area contributed by atoms with Gasteiger partial charge in [0.15, 0.2) is 0 Å². The van der Waals surface area contributed by atoms with E-state index in [9.17, 15) is 0 Å². The van der Waals surface area contributed by atoms with Crippen molar-refractivity contribution in [2.75, 3.05) is 8.86 Å². The van der Waals surface area contributed by atoms with E-state index in [0.717, 1.165) is 48.7 Å². The molecule has 0 saturated carbocycles. The number of alkyl halides is 2. The van der Waals surface area contributed by atoms with Crippen LogP contribution in [0.4, 0.5) is 0 Å². The van der Waals surface area contributed by atoms with Gasteiger partial charge in [0.25, 0.3) is 0 Å². The number of pyridine rings is 2. The summed E-state index contributed by atoms with van der Waals surface area (Å²) in [6.45, 7) is 0. The fourth-order valence-electron chi connectivity index (χ4n) is 3.92. The molecule has 1 atom stereocenters. The SMILES string of the molecule is c1ccc(-c2nc3c(o2)CCCC(c2ncccc2C2C[I-]C2)C3)nc1. The van der Waals surface area contributed by atoms with Crippen LogP contribution in [0.3, 0.4) is 0 Å². The maximum absolute atomic E-state index is 6.08. The van der Waals surface area contributed by atoms with Crippen molar-refractivity contribution in [3.05, 3.63) is 65.4 Å². The van der Waals surface area contributed by atoms with Crippen molar-refractivity contribution in [3.8, 4) is 11.6 Å². The van der Waals surface area contributed by atoms with Gasteiger partial charge in [-0.3, -0.25) is 0 Å². The fourth-order valence-corrected chi connectivity index (χ4v) is 6.11. The predicted molar refractivity (Wildman–Crippen MR) is 95.8 cm³/mol. The van der Waals surface area contributed by atoms with Crippen LogP contribution in [0.5, 0.6) is 0 Å². The third kappa shape index (κ3) is 3.06. The van der Waals surface area contributed by atoms with Crippen LogP contribution in [0.25, 0.3) is 11.6 Å². The van der Waals surface area contributed by atoms with Crippen molar-refractivity contribution in [2.45, 2.75) is 37.5 Å². The van der Waals surface area contributed by atoms with Gasteiger partial charge in [-0.25, -0.2) is 0 Å². The predicted octanol–water partition coefficient (Wildman–Crippen LogP) is 0.980. The first kappa shape index (κ1) is 16.4. The third-order valence-corrected chi connectivity index (χ3v) is 8.72. The molecular formula is C21H21IN3O-. The number of nitrogens with zero attached hydrogens (tertiary/aromatic N) is 3. The number of hydrogen-bond acceptors (Lipinski definition) is 4. The van der Waals surface area contributed by atoms with E-state index in [-0.39, 0.29) is 0 Å². The molecule has 5 rings (SSSR count). The summed E-state index contributed by atoms with van der Waals surface area (Å²) in [4.78, 5) is 14.0. The van der Waals surface area contributed by atoms with Gasteiger partial charge in [-0.05, 0) is 6.07 Å². The molecule has 0 radical (unpaired) electrons. The number of aryl methyl sites for hydroxylation is 1. The molecular weight excluding hydrogens is 437 g/mol. The molecule has 0 aromatic carbocycles.